The number of guanidine groups is 1. The van der Waals surface area contributed by atoms with Crippen LogP contribution in [0.5, 0.6) is 0 Å². The van der Waals surface area contributed by atoms with Crippen molar-refractivity contribution in [1.82, 2.24) is 5.32 Å². The zero-order valence-corrected chi connectivity index (χ0v) is 14.0. The minimum Gasteiger partial charge on any atom is -0.370 e. The van der Waals surface area contributed by atoms with Crippen LogP contribution >= 0.6 is 39.9 Å². The Morgan fingerprint density at radius 3 is 2.47 bits per heavy atom. The van der Waals surface area contributed by atoms with Crippen molar-refractivity contribution in [3.8, 4) is 0 Å². The van der Waals surface area contributed by atoms with Gasteiger partial charge in [0, 0.05) is 11.0 Å². The van der Waals surface area contributed by atoms with Crippen LogP contribution < -0.4 is 11.1 Å². The van der Waals surface area contributed by atoms with Gasteiger partial charge in [-0.3, -0.25) is 0 Å². The molecule has 0 heterocycles. The van der Waals surface area contributed by atoms with E-state index in [2.05, 4.69) is 40.1 Å². The van der Waals surface area contributed by atoms with Crippen LogP contribution in [0.15, 0.2) is 33.7 Å². The average molecular weight is 412 g/mol. The van der Waals surface area contributed by atoms with Gasteiger partial charge in [-0.05, 0) is 23.6 Å². The molecule has 0 saturated carbocycles. The van der Waals surface area contributed by atoms with E-state index in [0.717, 1.165) is 16.6 Å². The second kappa shape index (κ2) is 8.74. The lowest BCUT2D eigenvalue weighted by Gasteiger charge is -2.07. The maximum atomic E-state index is 5.73. The van der Waals surface area contributed by atoms with Gasteiger partial charge in [-0.1, -0.05) is 41.9 Å². The molecule has 0 aliphatic carbocycles. The minimum absolute atomic E-state index is 0. The van der Waals surface area contributed by atoms with Crippen LogP contribution in [-0.2, 0) is 6.54 Å². The van der Waals surface area contributed by atoms with Crippen molar-refractivity contribution >= 4 is 45.9 Å². The van der Waals surface area contributed by atoms with Gasteiger partial charge in [0.1, 0.15) is 0 Å². The molecule has 0 aliphatic rings. The van der Waals surface area contributed by atoms with E-state index in [1.807, 2.05) is 24.3 Å². The zero-order chi connectivity index (χ0) is 12.0. The number of nitrogens with one attached hydrogen (secondary N) is 1. The summed E-state index contributed by atoms with van der Waals surface area (Å²) in [6, 6.07) is 8.07. The highest BCUT2D eigenvalue weighted by atomic mass is 127. The monoisotopic (exact) mass is 411 g/mol. The summed E-state index contributed by atoms with van der Waals surface area (Å²) in [4.78, 5) is 4.26. The molecule has 17 heavy (non-hydrogen) atoms. The van der Waals surface area contributed by atoms with Gasteiger partial charge >= 0.3 is 0 Å². The van der Waals surface area contributed by atoms with Crippen LogP contribution in [-0.4, -0.2) is 12.5 Å². The van der Waals surface area contributed by atoms with Crippen LogP contribution in [0.1, 0.15) is 19.4 Å². The Balaban J connectivity index is 0.00000256. The van der Waals surface area contributed by atoms with Gasteiger partial charge in [-0.15, -0.1) is 24.0 Å². The summed E-state index contributed by atoms with van der Waals surface area (Å²) in [6.45, 7) is 5.74. The van der Waals surface area contributed by atoms with Crippen LogP contribution in [0.3, 0.4) is 0 Å². The van der Waals surface area contributed by atoms with Crippen molar-refractivity contribution in [2.75, 3.05) is 6.54 Å². The summed E-state index contributed by atoms with van der Waals surface area (Å²) in [6.07, 6.45) is 0. The molecule has 1 rings (SSSR count). The standard InChI is InChI=1S/C12H18BrN3.HI/c1-9(2)7-15-12(14)16-8-10-3-5-11(13)6-4-10;/h3-6,9H,7-8H2,1-2H3,(H3,14,15,16);1H. The average Bonchev–Trinajstić information content (AvgIpc) is 2.25. The van der Waals surface area contributed by atoms with E-state index in [4.69, 9.17) is 5.73 Å². The molecular weight excluding hydrogens is 393 g/mol. The number of halogens is 2. The molecule has 3 nitrogen and oxygen atoms in total. The summed E-state index contributed by atoms with van der Waals surface area (Å²) >= 11 is 3.39. The Hall–Kier alpha value is -0.300. The van der Waals surface area contributed by atoms with Gasteiger partial charge in [0.15, 0.2) is 5.96 Å². The molecule has 0 spiro atoms. The molecule has 0 fully saturated rings. The smallest absolute Gasteiger partial charge is 0.188 e. The summed E-state index contributed by atoms with van der Waals surface area (Å²) in [5, 5.41) is 3.08. The molecule has 5 heteroatoms. The Morgan fingerprint density at radius 2 is 1.94 bits per heavy atom. The SMILES string of the molecule is CC(C)CNC(N)=NCc1ccc(Br)cc1.I. The molecular formula is C12H19BrIN3. The predicted octanol–water partition coefficient (Wildman–Crippen LogP) is 3.13. The van der Waals surface area contributed by atoms with Crippen molar-refractivity contribution in [2.24, 2.45) is 16.6 Å². The van der Waals surface area contributed by atoms with E-state index in [1.165, 1.54) is 0 Å². The third kappa shape index (κ3) is 7.59. The summed E-state index contributed by atoms with van der Waals surface area (Å²) < 4.78 is 1.08. The molecule has 0 unspecified atom stereocenters. The van der Waals surface area contributed by atoms with E-state index in [-0.39, 0.29) is 24.0 Å². The predicted molar refractivity (Wildman–Crippen MR) is 87.7 cm³/mol. The minimum atomic E-state index is 0. The maximum Gasteiger partial charge on any atom is 0.188 e. The van der Waals surface area contributed by atoms with Crippen molar-refractivity contribution in [3.05, 3.63) is 34.3 Å². The number of hydrogen-bond donors (Lipinski definition) is 2. The first-order chi connectivity index (χ1) is 7.58. The number of rotatable bonds is 4. The molecule has 1 aromatic carbocycles. The number of aliphatic imine (C=N–C) groups is 1. The Bertz CT molecular complexity index is 349. The first-order valence-electron chi connectivity index (χ1n) is 5.36. The molecule has 1 aromatic rings. The van der Waals surface area contributed by atoms with Gasteiger partial charge in [0.2, 0.25) is 0 Å². The second-order valence-electron chi connectivity index (χ2n) is 4.10. The fourth-order valence-corrected chi connectivity index (χ4v) is 1.40. The Labute approximate surface area is 128 Å². The van der Waals surface area contributed by atoms with Gasteiger partial charge in [0.05, 0.1) is 6.54 Å². The highest BCUT2D eigenvalue weighted by Gasteiger charge is 1.95. The molecule has 0 bridgehead atoms. The Kier molecular flexibility index (Phi) is 8.59. The van der Waals surface area contributed by atoms with Crippen molar-refractivity contribution in [1.29, 1.82) is 0 Å². The van der Waals surface area contributed by atoms with E-state index in [1.54, 1.807) is 0 Å². The van der Waals surface area contributed by atoms with E-state index in [9.17, 15) is 0 Å². The lowest BCUT2D eigenvalue weighted by molar-refractivity contribution is 0.622. The largest absolute Gasteiger partial charge is 0.370 e. The van der Waals surface area contributed by atoms with Crippen LogP contribution in [0.25, 0.3) is 0 Å². The number of hydrogen-bond acceptors (Lipinski definition) is 1. The fourth-order valence-electron chi connectivity index (χ4n) is 1.13. The first kappa shape index (κ1) is 16.7. The van der Waals surface area contributed by atoms with Gasteiger partial charge in [0.25, 0.3) is 0 Å². The van der Waals surface area contributed by atoms with Gasteiger partial charge in [-0.2, -0.15) is 0 Å². The highest BCUT2D eigenvalue weighted by Crippen LogP contribution is 2.10. The van der Waals surface area contributed by atoms with Crippen LogP contribution in [0.2, 0.25) is 0 Å². The van der Waals surface area contributed by atoms with E-state index in [0.29, 0.717) is 18.4 Å². The Morgan fingerprint density at radius 1 is 1.35 bits per heavy atom. The second-order valence-corrected chi connectivity index (χ2v) is 5.02. The molecule has 0 aromatic heterocycles. The topological polar surface area (TPSA) is 50.4 Å². The maximum absolute atomic E-state index is 5.73. The van der Waals surface area contributed by atoms with Gasteiger partial charge in [-0.25, -0.2) is 4.99 Å². The molecule has 0 saturated heterocycles. The molecule has 0 amide bonds. The first-order valence-corrected chi connectivity index (χ1v) is 6.15. The van der Waals surface area contributed by atoms with Crippen molar-refractivity contribution in [3.63, 3.8) is 0 Å². The highest BCUT2D eigenvalue weighted by molar-refractivity contribution is 14.0. The summed E-state index contributed by atoms with van der Waals surface area (Å²) in [5.74, 6) is 1.08. The van der Waals surface area contributed by atoms with Crippen LogP contribution in [0.4, 0.5) is 0 Å². The lowest BCUT2D eigenvalue weighted by atomic mass is 10.2. The molecule has 0 atom stereocenters. The molecule has 0 radical (unpaired) electrons. The zero-order valence-electron chi connectivity index (χ0n) is 10.1. The lowest BCUT2D eigenvalue weighted by Crippen LogP contribution is -2.34. The third-order valence-electron chi connectivity index (χ3n) is 2.04. The number of nitrogens with two attached hydrogens (primary N) is 1. The van der Waals surface area contributed by atoms with Crippen molar-refractivity contribution in [2.45, 2.75) is 20.4 Å². The van der Waals surface area contributed by atoms with Crippen LogP contribution in [0, 0.1) is 5.92 Å². The third-order valence-corrected chi connectivity index (χ3v) is 2.57. The number of nitrogens with zero attached hydrogens (tertiary/aromatic N) is 1. The summed E-state index contributed by atoms with van der Waals surface area (Å²) in [5.41, 5.74) is 6.88. The quantitative estimate of drug-likeness (QED) is 0.454. The van der Waals surface area contributed by atoms with E-state index >= 15 is 0 Å². The summed E-state index contributed by atoms with van der Waals surface area (Å²) in [7, 11) is 0. The molecule has 3 N–H and O–H groups in total. The normalized spacial score (nSPS) is 11.2. The molecule has 0 aliphatic heterocycles. The van der Waals surface area contributed by atoms with E-state index < -0.39 is 0 Å². The van der Waals surface area contributed by atoms with Crippen molar-refractivity contribution < 1.29 is 0 Å². The fraction of sp³-hybridized carbons (Fsp3) is 0.417. The number of benzene rings is 1. The molecule has 96 valence electrons. The van der Waals surface area contributed by atoms with Gasteiger partial charge < -0.3 is 11.1 Å².